The molecule has 1 aromatic carbocycles. The second-order valence-electron chi connectivity index (χ2n) is 5.78. The van der Waals surface area contributed by atoms with Gasteiger partial charge < -0.3 is 11.1 Å². The Morgan fingerprint density at radius 1 is 1.08 bits per heavy atom. The van der Waals surface area contributed by atoms with Crippen LogP contribution >= 0.6 is 11.3 Å². The molecule has 3 N–H and O–H groups in total. The van der Waals surface area contributed by atoms with E-state index in [-0.39, 0.29) is 0 Å². The van der Waals surface area contributed by atoms with Crippen molar-refractivity contribution in [2.75, 3.05) is 11.1 Å². The molecule has 0 bridgehead atoms. The van der Waals surface area contributed by atoms with Gasteiger partial charge in [-0.05, 0) is 12.5 Å². The van der Waals surface area contributed by atoms with Crippen molar-refractivity contribution in [3.05, 3.63) is 48.4 Å². The quantitative estimate of drug-likeness (QED) is 0.573. The Labute approximate surface area is 153 Å². The molecule has 0 saturated carbocycles. The Kier molecular flexibility index (Phi) is 4.05. The highest BCUT2D eigenvalue weighted by Gasteiger charge is 2.09. The molecule has 0 aliphatic carbocycles. The minimum absolute atomic E-state index is 0.460. The van der Waals surface area contributed by atoms with Gasteiger partial charge in [-0.3, -0.25) is 4.68 Å². The molecular weight excluding hydrogens is 348 g/mol. The summed E-state index contributed by atoms with van der Waals surface area (Å²) in [7, 11) is 1.86. The third-order valence-electron chi connectivity index (χ3n) is 3.78. The maximum Gasteiger partial charge on any atom is 0.227 e. The zero-order valence-corrected chi connectivity index (χ0v) is 15.0. The summed E-state index contributed by atoms with van der Waals surface area (Å²) in [6.07, 6.45) is 5.40. The van der Waals surface area contributed by atoms with Gasteiger partial charge in [0.25, 0.3) is 0 Å². The number of aryl methyl sites for hydroxylation is 2. The molecule has 3 aromatic heterocycles. The first-order valence-corrected chi connectivity index (χ1v) is 8.69. The van der Waals surface area contributed by atoms with Crippen molar-refractivity contribution < 1.29 is 0 Å². The van der Waals surface area contributed by atoms with Crippen molar-refractivity contribution in [3.8, 4) is 21.8 Å². The van der Waals surface area contributed by atoms with Gasteiger partial charge in [-0.15, -0.1) is 10.2 Å². The number of anilines is 3. The summed E-state index contributed by atoms with van der Waals surface area (Å²) in [5.41, 5.74) is 10.3. The maximum atomic E-state index is 5.65. The third kappa shape index (κ3) is 3.24. The van der Waals surface area contributed by atoms with E-state index >= 15 is 0 Å². The van der Waals surface area contributed by atoms with E-state index in [1.54, 1.807) is 17.1 Å². The van der Waals surface area contributed by atoms with E-state index in [4.69, 9.17) is 5.73 Å². The van der Waals surface area contributed by atoms with Gasteiger partial charge in [0, 0.05) is 30.6 Å². The number of nitrogens with one attached hydrogen (secondary N) is 1. The molecule has 4 aromatic rings. The number of hydrogen-bond acceptors (Lipinski definition) is 8. The highest BCUT2D eigenvalue weighted by atomic mass is 32.1. The lowest BCUT2D eigenvalue weighted by atomic mass is 10.1. The van der Waals surface area contributed by atoms with Gasteiger partial charge >= 0.3 is 0 Å². The Morgan fingerprint density at radius 3 is 2.50 bits per heavy atom. The van der Waals surface area contributed by atoms with Gasteiger partial charge in [-0.2, -0.15) is 5.10 Å². The fourth-order valence-electron chi connectivity index (χ4n) is 2.53. The lowest BCUT2D eigenvalue weighted by Gasteiger charge is -2.08. The van der Waals surface area contributed by atoms with Crippen LogP contribution in [0.1, 0.15) is 5.56 Å². The van der Waals surface area contributed by atoms with E-state index < -0.39 is 0 Å². The largest absolute Gasteiger partial charge is 0.374 e. The van der Waals surface area contributed by atoms with Crippen LogP contribution < -0.4 is 11.1 Å². The summed E-state index contributed by atoms with van der Waals surface area (Å²) < 4.78 is 1.72. The van der Waals surface area contributed by atoms with E-state index in [2.05, 4.69) is 30.6 Å². The number of benzene rings is 1. The normalized spacial score (nSPS) is 10.8. The SMILES string of the molecule is Cc1cnc(Nc2cnn(C)c2)nc1-c1ccc(-c2nnc(N)s2)cc1. The van der Waals surface area contributed by atoms with Crippen LogP contribution in [0.5, 0.6) is 0 Å². The van der Waals surface area contributed by atoms with Crippen molar-refractivity contribution in [2.24, 2.45) is 7.05 Å². The fourth-order valence-corrected chi connectivity index (χ4v) is 3.15. The number of rotatable bonds is 4. The van der Waals surface area contributed by atoms with Gasteiger partial charge in [0.1, 0.15) is 5.01 Å². The first kappa shape index (κ1) is 16.2. The molecule has 0 saturated heterocycles. The van der Waals surface area contributed by atoms with Crippen molar-refractivity contribution >= 4 is 28.1 Å². The Hall–Kier alpha value is -3.33. The van der Waals surface area contributed by atoms with E-state index in [0.29, 0.717) is 11.1 Å². The number of nitrogens with zero attached hydrogens (tertiary/aromatic N) is 6. The van der Waals surface area contributed by atoms with Crippen LogP contribution in [0, 0.1) is 6.92 Å². The number of nitrogen functional groups attached to an aromatic ring is 1. The van der Waals surface area contributed by atoms with Crippen molar-refractivity contribution in [3.63, 3.8) is 0 Å². The number of aromatic nitrogens is 6. The van der Waals surface area contributed by atoms with Crippen molar-refractivity contribution in [1.82, 2.24) is 29.9 Å². The Bertz CT molecular complexity index is 1050. The summed E-state index contributed by atoms with van der Waals surface area (Å²) >= 11 is 1.36. The van der Waals surface area contributed by atoms with Crippen LogP contribution in [0.3, 0.4) is 0 Å². The summed E-state index contributed by atoms with van der Waals surface area (Å²) in [5.74, 6) is 0.527. The minimum atomic E-state index is 0.460. The molecular formula is C17H16N8S. The summed E-state index contributed by atoms with van der Waals surface area (Å²) in [6.45, 7) is 1.99. The van der Waals surface area contributed by atoms with Gasteiger partial charge in [0.15, 0.2) is 0 Å². The summed E-state index contributed by atoms with van der Waals surface area (Å²) in [4.78, 5) is 9.00. The molecule has 3 heterocycles. The zero-order chi connectivity index (χ0) is 18.1. The molecule has 0 aliphatic heterocycles. The van der Waals surface area contributed by atoms with Crippen molar-refractivity contribution in [1.29, 1.82) is 0 Å². The predicted octanol–water partition coefficient (Wildman–Crippen LogP) is 3.03. The lowest BCUT2D eigenvalue weighted by molar-refractivity contribution is 0.768. The van der Waals surface area contributed by atoms with E-state index in [9.17, 15) is 0 Å². The van der Waals surface area contributed by atoms with Crippen LogP contribution in [0.25, 0.3) is 21.8 Å². The van der Waals surface area contributed by atoms with Crippen molar-refractivity contribution in [2.45, 2.75) is 6.92 Å². The van der Waals surface area contributed by atoms with Crippen LogP contribution in [-0.2, 0) is 7.05 Å². The van der Waals surface area contributed by atoms with Gasteiger partial charge in [0.2, 0.25) is 11.1 Å². The van der Waals surface area contributed by atoms with Crippen LogP contribution in [0.4, 0.5) is 16.8 Å². The second-order valence-corrected chi connectivity index (χ2v) is 6.78. The molecule has 0 radical (unpaired) electrons. The minimum Gasteiger partial charge on any atom is -0.374 e. The second kappa shape index (κ2) is 6.52. The predicted molar refractivity (Wildman–Crippen MR) is 102 cm³/mol. The molecule has 8 nitrogen and oxygen atoms in total. The Morgan fingerprint density at radius 2 is 1.85 bits per heavy atom. The number of nitrogens with two attached hydrogens (primary N) is 1. The molecule has 0 amide bonds. The first-order valence-electron chi connectivity index (χ1n) is 7.87. The Balaban J connectivity index is 1.63. The standard InChI is InChI=1S/C17H16N8S/c1-10-7-19-17(21-13-8-20-25(2)9-13)22-14(10)11-3-5-12(6-4-11)15-23-24-16(18)26-15/h3-9H,1-2H3,(H2,18,24)(H,19,21,22). The third-order valence-corrected chi connectivity index (χ3v) is 4.58. The van der Waals surface area contributed by atoms with Crippen LogP contribution in [0.2, 0.25) is 0 Å². The first-order chi connectivity index (χ1) is 12.6. The average Bonchev–Trinajstić information content (AvgIpc) is 3.25. The highest BCUT2D eigenvalue weighted by molar-refractivity contribution is 7.18. The highest BCUT2D eigenvalue weighted by Crippen LogP contribution is 2.28. The smallest absolute Gasteiger partial charge is 0.227 e. The van der Waals surface area contributed by atoms with Gasteiger partial charge in [-0.25, -0.2) is 9.97 Å². The molecule has 9 heteroatoms. The van der Waals surface area contributed by atoms with E-state index in [1.807, 2.05) is 44.4 Å². The molecule has 26 heavy (non-hydrogen) atoms. The van der Waals surface area contributed by atoms with E-state index in [1.165, 1.54) is 11.3 Å². The van der Waals surface area contributed by atoms with Crippen LogP contribution in [-0.4, -0.2) is 29.9 Å². The summed E-state index contributed by atoms with van der Waals surface area (Å²) in [5, 5.41) is 16.5. The molecule has 130 valence electrons. The molecule has 0 spiro atoms. The molecule has 0 aliphatic rings. The van der Waals surface area contributed by atoms with Gasteiger partial charge in [-0.1, -0.05) is 35.6 Å². The zero-order valence-electron chi connectivity index (χ0n) is 14.2. The topological polar surface area (TPSA) is 107 Å². The van der Waals surface area contributed by atoms with Gasteiger partial charge in [0.05, 0.1) is 17.6 Å². The maximum absolute atomic E-state index is 5.65. The van der Waals surface area contributed by atoms with Crippen LogP contribution in [0.15, 0.2) is 42.9 Å². The molecule has 0 fully saturated rings. The summed E-state index contributed by atoms with van der Waals surface area (Å²) in [6, 6.07) is 8.00. The lowest BCUT2D eigenvalue weighted by Crippen LogP contribution is -1.99. The average molecular weight is 364 g/mol. The molecule has 0 unspecified atom stereocenters. The monoisotopic (exact) mass is 364 g/mol. The number of hydrogen-bond donors (Lipinski definition) is 2. The van der Waals surface area contributed by atoms with E-state index in [0.717, 1.165) is 33.1 Å². The molecule has 0 atom stereocenters. The molecule has 4 rings (SSSR count). The fraction of sp³-hybridized carbons (Fsp3) is 0.118.